The molecule has 1 aromatic rings. The van der Waals surface area contributed by atoms with Gasteiger partial charge in [0, 0.05) is 31.6 Å². The van der Waals surface area contributed by atoms with Crippen LogP contribution in [0.5, 0.6) is 0 Å². The third-order valence-corrected chi connectivity index (χ3v) is 4.43. The Labute approximate surface area is 126 Å². The van der Waals surface area contributed by atoms with E-state index in [0.29, 0.717) is 6.10 Å². The molecule has 0 amide bonds. The van der Waals surface area contributed by atoms with E-state index in [-0.39, 0.29) is 0 Å². The average Bonchev–Trinajstić information content (AvgIpc) is 2.95. The third-order valence-electron chi connectivity index (χ3n) is 3.48. The molecular weight excluding hydrogens is 270 g/mol. The van der Waals surface area contributed by atoms with Crippen LogP contribution in [-0.4, -0.2) is 37.3 Å². The summed E-state index contributed by atoms with van der Waals surface area (Å²) in [6.07, 6.45) is 5.04. The van der Waals surface area contributed by atoms with Crippen molar-refractivity contribution in [1.82, 2.24) is 10.3 Å². The summed E-state index contributed by atoms with van der Waals surface area (Å²) in [5.41, 5.74) is 1.16. The Hall–Kier alpha value is -0.650. The van der Waals surface area contributed by atoms with E-state index in [4.69, 9.17) is 9.72 Å². The molecule has 2 rings (SSSR count). The number of ether oxygens (including phenoxy) is 1. The van der Waals surface area contributed by atoms with Gasteiger partial charge in [-0.05, 0) is 32.2 Å². The van der Waals surface area contributed by atoms with Crippen LogP contribution in [0.4, 0.5) is 5.13 Å². The average molecular weight is 297 g/mol. The van der Waals surface area contributed by atoms with E-state index in [2.05, 4.69) is 29.4 Å². The van der Waals surface area contributed by atoms with Gasteiger partial charge in [-0.1, -0.05) is 13.8 Å². The first-order chi connectivity index (χ1) is 9.83. The molecule has 1 unspecified atom stereocenters. The monoisotopic (exact) mass is 297 g/mol. The number of nitrogens with one attached hydrogen (secondary N) is 1. The van der Waals surface area contributed by atoms with E-state index in [1.54, 1.807) is 11.3 Å². The molecule has 114 valence electrons. The normalized spacial score (nSPS) is 19.5. The predicted molar refractivity (Wildman–Crippen MR) is 85.6 cm³/mol. The Morgan fingerprint density at radius 2 is 2.35 bits per heavy atom. The number of hydrogen-bond donors (Lipinski definition) is 1. The fourth-order valence-electron chi connectivity index (χ4n) is 2.45. The zero-order chi connectivity index (χ0) is 14.2. The number of thiazole rings is 1. The summed E-state index contributed by atoms with van der Waals surface area (Å²) < 4.78 is 5.89. The van der Waals surface area contributed by atoms with Crippen molar-refractivity contribution >= 4 is 16.5 Å². The van der Waals surface area contributed by atoms with E-state index in [9.17, 15) is 0 Å². The van der Waals surface area contributed by atoms with Gasteiger partial charge in [0.2, 0.25) is 0 Å². The second-order valence-corrected chi connectivity index (χ2v) is 6.22. The molecule has 0 radical (unpaired) electrons. The Balaban J connectivity index is 1.83. The molecule has 4 nitrogen and oxygen atoms in total. The molecule has 0 spiro atoms. The molecule has 5 heteroatoms. The Kier molecular flexibility index (Phi) is 6.76. The summed E-state index contributed by atoms with van der Waals surface area (Å²) >= 11 is 1.76. The lowest BCUT2D eigenvalue weighted by molar-refractivity contribution is 0.0440. The van der Waals surface area contributed by atoms with Gasteiger partial charge in [0.15, 0.2) is 5.13 Å². The van der Waals surface area contributed by atoms with Crippen molar-refractivity contribution in [3.8, 4) is 0 Å². The molecule has 1 aromatic heterocycles. The number of rotatable bonds is 8. The van der Waals surface area contributed by atoms with Crippen molar-refractivity contribution in [2.75, 3.05) is 31.1 Å². The predicted octanol–water partition coefficient (Wildman–Crippen LogP) is 3.04. The van der Waals surface area contributed by atoms with E-state index in [0.717, 1.165) is 50.0 Å². The first-order valence-corrected chi connectivity index (χ1v) is 8.73. The molecule has 1 fully saturated rings. The molecular formula is C15H27N3OS. The quantitative estimate of drug-likeness (QED) is 0.748. The highest BCUT2D eigenvalue weighted by molar-refractivity contribution is 7.13. The van der Waals surface area contributed by atoms with E-state index in [1.807, 2.05) is 0 Å². The summed E-state index contributed by atoms with van der Waals surface area (Å²) in [6, 6.07) is 0. The summed E-state index contributed by atoms with van der Waals surface area (Å²) in [5, 5.41) is 6.74. The lowest BCUT2D eigenvalue weighted by Crippen LogP contribution is -2.39. The van der Waals surface area contributed by atoms with Crippen LogP contribution in [0.3, 0.4) is 0 Å². The van der Waals surface area contributed by atoms with Crippen LogP contribution in [0.1, 0.15) is 45.2 Å². The summed E-state index contributed by atoms with van der Waals surface area (Å²) in [5.74, 6) is 0. The van der Waals surface area contributed by atoms with Gasteiger partial charge in [-0.25, -0.2) is 4.98 Å². The molecule has 1 atom stereocenters. The van der Waals surface area contributed by atoms with Crippen LogP contribution >= 0.6 is 11.3 Å². The van der Waals surface area contributed by atoms with Crippen LogP contribution in [0.15, 0.2) is 5.38 Å². The van der Waals surface area contributed by atoms with Crippen molar-refractivity contribution in [2.24, 2.45) is 0 Å². The van der Waals surface area contributed by atoms with Gasteiger partial charge >= 0.3 is 0 Å². The molecule has 0 aliphatic carbocycles. The number of nitrogens with zero attached hydrogens (tertiary/aromatic N) is 2. The zero-order valence-corrected chi connectivity index (χ0v) is 13.5. The first kappa shape index (κ1) is 15.7. The lowest BCUT2D eigenvalue weighted by Gasteiger charge is -2.32. The number of aromatic nitrogens is 1. The number of piperidine rings is 1. The topological polar surface area (TPSA) is 37.4 Å². The minimum atomic E-state index is 0.384. The van der Waals surface area contributed by atoms with E-state index >= 15 is 0 Å². The van der Waals surface area contributed by atoms with Gasteiger partial charge in [0.25, 0.3) is 0 Å². The highest BCUT2D eigenvalue weighted by Crippen LogP contribution is 2.25. The van der Waals surface area contributed by atoms with Gasteiger partial charge < -0.3 is 15.0 Å². The molecule has 20 heavy (non-hydrogen) atoms. The highest BCUT2D eigenvalue weighted by atomic mass is 32.1. The molecule has 1 aliphatic heterocycles. The maximum Gasteiger partial charge on any atom is 0.185 e. The van der Waals surface area contributed by atoms with Crippen LogP contribution in [0.2, 0.25) is 0 Å². The fourth-order valence-corrected chi connectivity index (χ4v) is 3.31. The van der Waals surface area contributed by atoms with Crippen LogP contribution in [0.25, 0.3) is 0 Å². The van der Waals surface area contributed by atoms with Crippen molar-refractivity contribution in [3.05, 3.63) is 11.1 Å². The first-order valence-electron chi connectivity index (χ1n) is 7.85. The van der Waals surface area contributed by atoms with Crippen molar-refractivity contribution in [3.63, 3.8) is 0 Å². The minimum Gasteiger partial charge on any atom is -0.376 e. The van der Waals surface area contributed by atoms with Crippen LogP contribution < -0.4 is 10.2 Å². The van der Waals surface area contributed by atoms with Crippen molar-refractivity contribution in [1.29, 1.82) is 0 Å². The van der Waals surface area contributed by atoms with E-state index in [1.165, 1.54) is 19.3 Å². The fraction of sp³-hybridized carbons (Fsp3) is 0.800. The molecule has 0 saturated carbocycles. The summed E-state index contributed by atoms with van der Waals surface area (Å²) in [4.78, 5) is 7.13. The molecule has 1 N–H and O–H groups in total. The number of anilines is 1. The van der Waals surface area contributed by atoms with Crippen molar-refractivity contribution in [2.45, 2.75) is 52.2 Å². The largest absolute Gasteiger partial charge is 0.376 e. The summed E-state index contributed by atoms with van der Waals surface area (Å²) in [6.45, 7) is 9.28. The minimum absolute atomic E-state index is 0.384. The summed E-state index contributed by atoms with van der Waals surface area (Å²) in [7, 11) is 0. The second-order valence-electron chi connectivity index (χ2n) is 5.38. The lowest BCUT2D eigenvalue weighted by atomic mass is 10.1. The van der Waals surface area contributed by atoms with Crippen LogP contribution in [0, 0.1) is 0 Å². The second kappa shape index (κ2) is 8.60. The molecule has 1 aliphatic rings. The standard InChI is InChI=1S/C15H27N3OS/c1-3-7-16-10-13-12-20-15(17-13)18-8-5-6-14(11-18)19-9-4-2/h12,14,16H,3-11H2,1-2H3. The maximum absolute atomic E-state index is 5.89. The smallest absolute Gasteiger partial charge is 0.185 e. The van der Waals surface area contributed by atoms with Gasteiger partial charge in [0.05, 0.1) is 11.8 Å². The molecule has 0 bridgehead atoms. The van der Waals surface area contributed by atoms with Gasteiger partial charge in [-0.2, -0.15) is 0 Å². The Bertz CT molecular complexity index is 383. The van der Waals surface area contributed by atoms with Crippen molar-refractivity contribution < 1.29 is 4.74 Å². The highest BCUT2D eigenvalue weighted by Gasteiger charge is 2.22. The zero-order valence-electron chi connectivity index (χ0n) is 12.7. The van der Waals surface area contributed by atoms with E-state index < -0.39 is 0 Å². The SMILES string of the molecule is CCCNCc1csc(N2CCCC(OCCC)C2)n1. The third kappa shape index (κ3) is 4.72. The van der Waals surface area contributed by atoms with Gasteiger partial charge in [-0.3, -0.25) is 0 Å². The van der Waals surface area contributed by atoms with Gasteiger partial charge in [-0.15, -0.1) is 11.3 Å². The maximum atomic E-state index is 5.89. The Morgan fingerprint density at radius 3 is 3.15 bits per heavy atom. The number of hydrogen-bond acceptors (Lipinski definition) is 5. The molecule has 0 aromatic carbocycles. The Morgan fingerprint density at radius 1 is 1.45 bits per heavy atom. The van der Waals surface area contributed by atoms with Gasteiger partial charge in [0.1, 0.15) is 0 Å². The molecule has 1 saturated heterocycles. The molecule has 2 heterocycles. The van der Waals surface area contributed by atoms with Crippen LogP contribution in [-0.2, 0) is 11.3 Å².